The predicted molar refractivity (Wildman–Crippen MR) is 80.6 cm³/mol. The Hall–Kier alpha value is -2.90. The van der Waals surface area contributed by atoms with Gasteiger partial charge in [-0.15, -0.1) is 0 Å². The molecule has 0 bridgehead atoms. The van der Waals surface area contributed by atoms with E-state index < -0.39 is 24.6 Å². The van der Waals surface area contributed by atoms with Crippen LogP contribution in [-0.2, 0) is 30.3 Å². The molecule has 3 amide bonds. The molecule has 124 valence electrons. The van der Waals surface area contributed by atoms with Crippen LogP contribution >= 0.6 is 0 Å². The van der Waals surface area contributed by atoms with E-state index in [1.807, 2.05) is 5.32 Å². The van der Waals surface area contributed by atoms with E-state index in [2.05, 4.69) is 10.1 Å². The Balaban J connectivity index is 2.37. The van der Waals surface area contributed by atoms with Crippen LogP contribution in [0.1, 0.15) is 19.4 Å². The van der Waals surface area contributed by atoms with Crippen molar-refractivity contribution in [2.75, 3.05) is 18.5 Å². The zero-order valence-electron chi connectivity index (χ0n) is 12.9. The molecule has 0 saturated carbocycles. The van der Waals surface area contributed by atoms with Crippen LogP contribution in [0, 0.1) is 0 Å². The van der Waals surface area contributed by atoms with Gasteiger partial charge in [0.15, 0.2) is 6.61 Å². The number of benzene rings is 1. The largest absolute Gasteiger partial charge is 0.455 e. The van der Waals surface area contributed by atoms with Crippen LogP contribution in [0.3, 0.4) is 0 Å². The number of rotatable bonds is 6. The number of carbonyl (C=O) groups excluding carboxylic acids is 4. The van der Waals surface area contributed by atoms with Crippen molar-refractivity contribution in [1.29, 1.82) is 0 Å². The number of ether oxygens (including phenoxy) is 2. The standard InChI is InChI=1S/C15H18N2O6/c1-3-22-15(21)17-13(19)9-23-14(20)8-11-4-6-12(7-5-11)16-10(2)18/h4-7H,3,8-9H2,1-2H3,(H,16,18)(H,17,19,21). The Morgan fingerprint density at radius 2 is 1.70 bits per heavy atom. The van der Waals surface area contributed by atoms with Gasteiger partial charge < -0.3 is 14.8 Å². The van der Waals surface area contributed by atoms with E-state index in [0.717, 1.165) is 0 Å². The van der Waals surface area contributed by atoms with E-state index in [9.17, 15) is 19.2 Å². The Kier molecular flexibility index (Phi) is 7.25. The first-order valence-corrected chi connectivity index (χ1v) is 6.89. The molecular formula is C15H18N2O6. The van der Waals surface area contributed by atoms with E-state index in [0.29, 0.717) is 11.3 Å². The Labute approximate surface area is 133 Å². The molecule has 0 spiro atoms. The molecule has 0 fully saturated rings. The molecule has 1 rings (SSSR count). The molecule has 2 N–H and O–H groups in total. The maximum absolute atomic E-state index is 11.6. The van der Waals surface area contributed by atoms with Crippen molar-refractivity contribution in [3.05, 3.63) is 29.8 Å². The second kappa shape index (κ2) is 9.19. The van der Waals surface area contributed by atoms with Gasteiger partial charge in [0.25, 0.3) is 5.91 Å². The Morgan fingerprint density at radius 1 is 1.04 bits per heavy atom. The highest BCUT2D eigenvalue weighted by Gasteiger charge is 2.12. The van der Waals surface area contributed by atoms with Crippen LogP contribution in [0.15, 0.2) is 24.3 Å². The molecular weight excluding hydrogens is 304 g/mol. The average molecular weight is 322 g/mol. The summed E-state index contributed by atoms with van der Waals surface area (Å²) in [6.45, 7) is 2.56. The molecule has 0 aliphatic carbocycles. The van der Waals surface area contributed by atoms with Gasteiger partial charge in [-0.2, -0.15) is 0 Å². The summed E-state index contributed by atoms with van der Waals surface area (Å²) in [5.41, 5.74) is 1.28. The van der Waals surface area contributed by atoms with Crippen LogP contribution < -0.4 is 10.6 Å². The number of hydrogen-bond donors (Lipinski definition) is 2. The topological polar surface area (TPSA) is 111 Å². The van der Waals surface area contributed by atoms with Crippen molar-refractivity contribution in [2.24, 2.45) is 0 Å². The number of amides is 3. The van der Waals surface area contributed by atoms with Crippen molar-refractivity contribution in [1.82, 2.24) is 5.32 Å². The van der Waals surface area contributed by atoms with E-state index in [1.54, 1.807) is 31.2 Å². The van der Waals surface area contributed by atoms with E-state index in [4.69, 9.17) is 4.74 Å². The number of hydrogen-bond acceptors (Lipinski definition) is 6. The van der Waals surface area contributed by atoms with Crippen molar-refractivity contribution in [3.63, 3.8) is 0 Å². The fourth-order valence-corrected chi connectivity index (χ4v) is 1.59. The number of alkyl carbamates (subject to hydrolysis) is 1. The first-order chi connectivity index (χ1) is 10.9. The highest BCUT2D eigenvalue weighted by Crippen LogP contribution is 2.10. The van der Waals surface area contributed by atoms with Crippen molar-refractivity contribution in [2.45, 2.75) is 20.3 Å². The second-order valence-corrected chi connectivity index (χ2v) is 4.48. The molecule has 1 aromatic carbocycles. The first-order valence-electron chi connectivity index (χ1n) is 6.89. The molecule has 0 heterocycles. The summed E-state index contributed by atoms with van der Waals surface area (Å²) < 4.78 is 9.27. The predicted octanol–water partition coefficient (Wildman–Crippen LogP) is 1.00. The zero-order chi connectivity index (χ0) is 17.2. The summed E-state index contributed by atoms with van der Waals surface area (Å²) in [4.78, 5) is 44.8. The summed E-state index contributed by atoms with van der Waals surface area (Å²) in [5, 5.41) is 4.51. The van der Waals surface area contributed by atoms with Gasteiger partial charge in [0.05, 0.1) is 13.0 Å². The molecule has 8 heteroatoms. The minimum absolute atomic E-state index is 0.0347. The third kappa shape index (κ3) is 7.60. The molecule has 0 aromatic heterocycles. The van der Waals surface area contributed by atoms with Gasteiger partial charge in [0.2, 0.25) is 5.91 Å². The van der Waals surface area contributed by atoms with E-state index >= 15 is 0 Å². The summed E-state index contributed by atoms with van der Waals surface area (Å²) >= 11 is 0. The fraction of sp³-hybridized carbons (Fsp3) is 0.333. The number of carbonyl (C=O) groups is 4. The first kappa shape index (κ1) is 18.1. The summed E-state index contributed by atoms with van der Waals surface area (Å²) in [5.74, 6) is -1.57. The second-order valence-electron chi connectivity index (χ2n) is 4.48. The molecule has 8 nitrogen and oxygen atoms in total. The Bertz CT molecular complexity index is 582. The number of nitrogens with one attached hydrogen (secondary N) is 2. The molecule has 0 unspecified atom stereocenters. The van der Waals surface area contributed by atoms with Crippen LogP contribution in [-0.4, -0.2) is 37.1 Å². The molecule has 1 aromatic rings. The van der Waals surface area contributed by atoms with Gasteiger partial charge in [-0.1, -0.05) is 12.1 Å². The molecule has 0 aliphatic heterocycles. The lowest BCUT2D eigenvalue weighted by atomic mass is 10.1. The smallest absolute Gasteiger partial charge is 0.413 e. The van der Waals surface area contributed by atoms with Crippen molar-refractivity contribution < 1.29 is 28.7 Å². The lowest BCUT2D eigenvalue weighted by Crippen LogP contribution is -2.34. The monoisotopic (exact) mass is 322 g/mol. The number of anilines is 1. The average Bonchev–Trinajstić information content (AvgIpc) is 2.47. The third-order valence-corrected chi connectivity index (χ3v) is 2.50. The summed E-state index contributed by atoms with van der Waals surface area (Å²) in [7, 11) is 0. The lowest BCUT2D eigenvalue weighted by Gasteiger charge is -2.06. The quantitative estimate of drug-likeness (QED) is 0.756. The lowest BCUT2D eigenvalue weighted by molar-refractivity contribution is -0.147. The van der Waals surface area contributed by atoms with E-state index in [-0.39, 0.29) is 18.9 Å². The van der Waals surface area contributed by atoms with Crippen LogP contribution in [0.2, 0.25) is 0 Å². The summed E-state index contributed by atoms with van der Waals surface area (Å²) in [6, 6.07) is 6.62. The molecule has 0 radical (unpaired) electrons. The minimum atomic E-state index is -0.887. The molecule has 23 heavy (non-hydrogen) atoms. The highest BCUT2D eigenvalue weighted by molar-refractivity contribution is 5.93. The van der Waals surface area contributed by atoms with Gasteiger partial charge in [0.1, 0.15) is 0 Å². The van der Waals surface area contributed by atoms with Crippen molar-refractivity contribution >= 4 is 29.6 Å². The van der Waals surface area contributed by atoms with Crippen LogP contribution in [0.5, 0.6) is 0 Å². The van der Waals surface area contributed by atoms with Gasteiger partial charge in [0, 0.05) is 12.6 Å². The fourth-order valence-electron chi connectivity index (χ4n) is 1.59. The summed E-state index contributed by atoms with van der Waals surface area (Å²) in [6.07, 6.45) is -0.922. The van der Waals surface area contributed by atoms with Crippen LogP contribution in [0.4, 0.5) is 10.5 Å². The normalized spacial score (nSPS) is 9.65. The number of esters is 1. The van der Waals surface area contributed by atoms with Gasteiger partial charge >= 0.3 is 12.1 Å². The van der Waals surface area contributed by atoms with Gasteiger partial charge in [-0.3, -0.25) is 19.7 Å². The Morgan fingerprint density at radius 3 is 2.26 bits per heavy atom. The maximum Gasteiger partial charge on any atom is 0.413 e. The molecule has 0 atom stereocenters. The number of imide groups is 1. The SMILES string of the molecule is CCOC(=O)NC(=O)COC(=O)Cc1ccc(NC(C)=O)cc1. The van der Waals surface area contributed by atoms with Crippen LogP contribution in [0.25, 0.3) is 0 Å². The molecule has 0 aliphatic rings. The highest BCUT2D eigenvalue weighted by atomic mass is 16.6. The van der Waals surface area contributed by atoms with Gasteiger partial charge in [-0.25, -0.2) is 4.79 Å². The zero-order valence-corrected chi connectivity index (χ0v) is 12.9. The van der Waals surface area contributed by atoms with E-state index in [1.165, 1.54) is 6.92 Å². The minimum Gasteiger partial charge on any atom is -0.455 e. The van der Waals surface area contributed by atoms with Gasteiger partial charge in [-0.05, 0) is 24.6 Å². The third-order valence-electron chi connectivity index (χ3n) is 2.50. The molecule has 0 saturated heterocycles. The maximum atomic E-state index is 11.6. The van der Waals surface area contributed by atoms with Crippen molar-refractivity contribution in [3.8, 4) is 0 Å².